The van der Waals surface area contributed by atoms with Crippen molar-refractivity contribution in [3.63, 3.8) is 0 Å². The average Bonchev–Trinajstić information content (AvgIpc) is 2.94. The topological polar surface area (TPSA) is 49.4 Å². The molecule has 2 amide bonds. The van der Waals surface area contributed by atoms with Crippen molar-refractivity contribution in [2.75, 3.05) is 5.75 Å². The van der Waals surface area contributed by atoms with Crippen molar-refractivity contribution in [1.29, 1.82) is 0 Å². The minimum absolute atomic E-state index is 0.0389. The summed E-state index contributed by atoms with van der Waals surface area (Å²) in [6, 6.07) is 7.77. The van der Waals surface area contributed by atoms with E-state index in [4.69, 9.17) is 0 Å². The number of hydrogen-bond donors (Lipinski definition) is 1. The number of thioether (sulfide) groups is 1. The van der Waals surface area contributed by atoms with E-state index in [1.165, 1.54) is 5.56 Å². The van der Waals surface area contributed by atoms with Gasteiger partial charge in [-0.2, -0.15) is 0 Å². The highest BCUT2D eigenvalue weighted by Gasteiger charge is 2.52. The summed E-state index contributed by atoms with van der Waals surface area (Å²) in [6.45, 7) is 4.62. The Balaban J connectivity index is 1.65. The van der Waals surface area contributed by atoms with Crippen LogP contribution in [0.4, 0.5) is 0 Å². The van der Waals surface area contributed by atoms with Crippen LogP contribution in [0.15, 0.2) is 24.3 Å². The first-order chi connectivity index (χ1) is 9.99. The minimum Gasteiger partial charge on any atom is -0.350 e. The van der Waals surface area contributed by atoms with Gasteiger partial charge in [-0.15, -0.1) is 11.8 Å². The van der Waals surface area contributed by atoms with Crippen molar-refractivity contribution in [1.82, 2.24) is 10.2 Å². The van der Waals surface area contributed by atoms with E-state index in [9.17, 15) is 9.59 Å². The zero-order chi connectivity index (χ0) is 15.0. The molecule has 2 aliphatic rings. The Morgan fingerprint density at radius 1 is 1.52 bits per heavy atom. The zero-order valence-electron chi connectivity index (χ0n) is 12.4. The van der Waals surface area contributed by atoms with Crippen molar-refractivity contribution in [3.05, 3.63) is 35.4 Å². The van der Waals surface area contributed by atoms with Crippen LogP contribution in [0.2, 0.25) is 0 Å². The van der Waals surface area contributed by atoms with Gasteiger partial charge in [-0.05, 0) is 25.8 Å². The number of amides is 2. The fourth-order valence-electron chi connectivity index (χ4n) is 3.14. The molecule has 4 nitrogen and oxygen atoms in total. The number of hydrogen-bond acceptors (Lipinski definition) is 3. The Labute approximate surface area is 129 Å². The maximum atomic E-state index is 12.4. The summed E-state index contributed by atoms with van der Waals surface area (Å²) < 4.78 is 0. The number of nitrogens with one attached hydrogen (secondary N) is 1. The lowest BCUT2D eigenvalue weighted by Gasteiger charge is -2.29. The fourth-order valence-corrected chi connectivity index (χ4v) is 4.58. The maximum Gasteiger partial charge on any atom is 0.243 e. The lowest BCUT2D eigenvalue weighted by atomic mass is 10.1. The number of carbonyl (C=O) groups is 2. The molecular weight excluding hydrogens is 284 g/mol. The predicted octanol–water partition coefficient (Wildman–Crippen LogP) is 2.07. The second-order valence-electron chi connectivity index (χ2n) is 5.97. The Kier molecular flexibility index (Phi) is 3.69. The molecule has 0 aliphatic carbocycles. The van der Waals surface area contributed by atoms with E-state index in [2.05, 4.69) is 18.3 Å². The molecule has 0 bridgehead atoms. The van der Waals surface area contributed by atoms with Gasteiger partial charge in [0.1, 0.15) is 6.04 Å². The molecule has 2 unspecified atom stereocenters. The fraction of sp³-hybridized carbons (Fsp3) is 0.500. The SMILES string of the molecule is Cc1cccc(CNC(=O)C2CSC3(C)CCC(=O)N23)c1. The van der Waals surface area contributed by atoms with Crippen LogP contribution in [-0.2, 0) is 16.1 Å². The van der Waals surface area contributed by atoms with E-state index in [0.717, 1.165) is 12.0 Å². The summed E-state index contributed by atoms with van der Waals surface area (Å²) in [5, 5.41) is 2.97. The predicted molar refractivity (Wildman–Crippen MR) is 83.8 cm³/mol. The second-order valence-corrected chi connectivity index (χ2v) is 7.47. The van der Waals surface area contributed by atoms with E-state index < -0.39 is 0 Å². The Morgan fingerprint density at radius 3 is 3.10 bits per heavy atom. The van der Waals surface area contributed by atoms with Crippen LogP contribution in [0.5, 0.6) is 0 Å². The van der Waals surface area contributed by atoms with Crippen molar-refractivity contribution < 1.29 is 9.59 Å². The third-order valence-corrected chi connectivity index (χ3v) is 5.80. The number of nitrogens with zero attached hydrogens (tertiary/aromatic N) is 1. The molecule has 2 heterocycles. The van der Waals surface area contributed by atoms with Gasteiger partial charge in [0.2, 0.25) is 11.8 Å². The van der Waals surface area contributed by atoms with Gasteiger partial charge in [-0.3, -0.25) is 9.59 Å². The molecule has 1 N–H and O–H groups in total. The second kappa shape index (κ2) is 5.37. The Bertz CT molecular complexity index is 589. The number of benzene rings is 1. The first-order valence-electron chi connectivity index (χ1n) is 7.29. The number of rotatable bonds is 3. The van der Waals surface area contributed by atoms with Gasteiger partial charge in [0.15, 0.2) is 0 Å². The molecule has 2 aliphatic heterocycles. The minimum atomic E-state index is -0.320. The van der Waals surface area contributed by atoms with Crippen LogP contribution in [0, 0.1) is 6.92 Å². The van der Waals surface area contributed by atoms with Gasteiger partial charge in [0.25, 0.3) is 0 Å². The summed E-state index contributed by atoms with van der Waals surface area (Å²) in [5.74, 6) is 0.767. The highest BCUT2D eigenvalue weighted by molar-refractivity contribution is 8.01. The molecule has 2 fully saturated rings. The molecule has 0 saturated carbocycles. The number of fused-ring (bicyclic) bond motifs is 1. The summed E-state index contributed by atoms with van der Waals surface area (Å²) in [6.07, 6.45) is 1.41. The molecule has 3 rings (SSSR count). The molecule has 5 heteroatoms. The number of carbonyl (C=O) groups excluding carboxylic acids is 2. The van der Waals surface area contributed by atoms with Crippen LogP contribution in [0.25, 0.3) is 0 Å². The zero-order valence-corrected chi connectivity index (χ0v) is 13.2. The normalized spacial score (nSPS) is 27.8. The molecule has 0 spiro atoms. The van der Waals surface area contributed by atoms with E-state index in [1.54, 1.807) is 16.7 Å². The van der Waals surface area contributed by atoms with E-state index in [1.807, 2.05) is 25.1 Å². The lowest BCUT2D eigenvalue weighted by molar-refractivity contribution is -0.138. The van der Waals surface area contributed by atoms with Crippen molar-refractivity contribution in [2.24, 2.45) is 0 Å². The monoisotopic (exact) mass is 304 g/mol. The van der Waals surface area contributed by atoms with Gasteiger partial charge in [-0.1, -0.05) is 29.8 Å². The van der Waals surface area contributed by atoms with Crippen molar-refractivity contribution in [2.45, 2.75) is 44.1 Å². The molecule has 1 aromatic carbocycles. The molecule has 0 aromatic heterocycles. The first kappa shape index (κ1) is 14.4. The third kappa shape index (κ3) is 2.67. The van der Waals surface area contributed by atoms with Gasteiger partial charge >= 0.3 is 0 Å². The number of aryl methyl sites for hydroxylation is 1. The Morgan fingerprint density at radius 2 is 2.33 bits per heavy atom. The van der Waals surface area contributed by atoms with Crippen LogP contribution in [0.1, 0.15) is 30.9 Å². The molecule has 2 atom stereocenters. The Hall–Kier alpha value is -1.49. The van der Waals surface area contributed by atoms with Crippen LogP contribution >= 0.6 is 11.8 Å². The summed E-state index contributed by atoms with van der Waals surface area (Å²) in [5.41, 5.74) is 2.27. The first-order valence-corrected chi connectivity index (χ1v) is 8.27. The maximum absolute atomic E-state index is 12.4. The van der Waals surface area contributed by atoms with E-state index >= 15 is 0 Å². The van der Waals surface area contributed by atoms with Crippen molar-refractivity contribution >= 4 is 23.6 Å². The molecule has 2 saturated heterocycles. The summed E-state index contributed by atoms with van der Waals surface area (Å²) in [7, 11) is 0. The summed E-state index contributed by atoms with van der Waals surface area (Å²) >= 11 is 1.72. The molecule has 0 radical (unpaired) electrons. The van der Waals surface area contributed by atoms with Crippen molar-refractivity contribution in [3.8, 4) is 0 Å². The molecular formula is C16H20N2O2S. The highest BCUT2D eigenvalue weighted by Crippen LogP contribution is 2.47. The average molecular weight is 304 g/mol. The highest BCUT2D eigenvalue weighted by atomic mass is 32.2. The molecule has 112 valence electrons. The van der Waals surface area contributed by atoms with Crippen LogP contribution in [-0.4, -0.2) is 33.4 Å². The van der Waals surface area contributed by atoms with Gasteiger partial charge in [-0.25, -0.2) is 0 Å². The lowest BCUT2D eigenvalue weighted by Crippen LogP contribution is -2.49. The van der Waals surface area contributed by atoms with Gasteiger partial charge < -0.3 is 10.2 Å². The van der Waals surface area contributed by atoms with Crippen LogP contribution < -0.4 is 5.32 Å². The largest absolute Gasteiger partial charge is 0.350 e. The quantitative estimate of drug-likeness (QED) is 0.930. The van der Waals surface area contributed by atoms with Gasteiger partial charge in [0, 0.05) is 18.7 Å². The third-order valence-electron chi connectivity index (χ3n) is 4.30. The van der Waals surface area contributed by atoms with Crippen LogP contribution in [0.3, 0.4) is 0 Å². The summed E-state index contributed by atoms with van der Waals surface area (Å²) in [4.78, 5) is 26.1. The van der Waals surface area contributed by atoms with Gasteiger partial charge in [0.05, 0.1) is 4.87 Å². The van der Waals surface area contributed by atoms with E-state index in [0.29, 0.717) is 18.7 Å². The smallest absolute Gasteiger partial charge is 0.243 e. The molecule has 1 aromatic rings. The standard InChI is InChI=1S/C16H20N2O2S/c1-11-4-3-5-12(8-11)9-17-15(20)13-10-21-16(2)7-6-14(19)18(13)16/h3-5,8,13H,6-7,9-10H2,1-2H3,(H,17,20). The van der Waals surface area contributed by atoms with E-state index in [-0.39, 0.29) is 22.7 Å². The molecule has 21 heavy (non-hydrogen) atoms.